The smallest absolute Gasteiger partial charge is 0.335 e. The van der Waals surface area contributed by atoms with E-state index >= 15 is 0 Å². The van der Waals surface area contributed by atoms with Crippen LogP contribution in [0.2, 0.25) is 0 Å². The molecule has 0 bridgehead atoms. The Bertz CT molecular complexity index is 510. The number of carboxylic acid groups (broad SMARTS) is 1. The molecule has 1 aromatic rings. The van der Waals surface area contributed by atoms with E-state index in [1.54, 1.807) is 13.8 Å². The molecule has 0 fully saturated rings. The predicted octanol–water partition coefficient (Wildman–Crippen LogP) is 2.22. The molecular formula is C13H17NO6. The van der Waals surface area contributed by atoms with Crippen molar-refractivity contribution in [3.8, 4) is 5.75 Å². The molecule has 0 amide bonds. The van der Waals surface area contributed by atoms with Crippen LogP contribution in [-0.4, -0.2) is 33.3 Å². The Labute approximate surface area is 116 Å². The van der Waals surface area contributed by atoms with Crippen LogP contribution in [0, 0.1) is 10.1 Å². The number of ether oxygens (including phenoxy) is 1. The van der Waals surface area contributed by atoms with Crippen molar-refractivity contribution in [1.29, 1.82) is 0 Å². The summed E-state index contributed by atoms with van der Waals surface area (Å²) in [6, 6.07) is 3.31. The lowest BCUT2D eigenvalue weighted by molar-refractivity contribution is -0.386. The molecule has 20 heavy (non-hydrogen) atoms. The van der Waals surface area contributed by atoms with E-state index in [4.69, 9.17) is 9.84 Å². The number of aromatic carboxylic acids is 1. The lowest BCUT2D eigenvalue weighted by atomic mass is 9.99. The maximum Gasteiger partial charge on any atom is 0.335 e. The number of nitrogens with zero attached hydrogens (tertiary/aromatic N) is 1. The highest BCUT2D eigenvalue weighted by Crippen LogP contribution is 2.29. The summed E-state index contributed by atoms with van der Waals surface area (Å²) in [6.07, 6.45) is 0.853. The van der Waals surface area contributed by atoms with E-state index in [1.807, 2.05) is 0 Å². The zero-order valence-electron chi connectivity index (χ0n) is 11.3. The van der Waals surface area contributed by atoms with E-state index in [0.717, 1.165) is 18.2 Å². The van der Waals surface area contributed by atoms with Crippen LogP contribution in [0.25, 0.3) is 0 Å². The molecule has 0 aliphatic heterocycles. The Morgan fingerprint density at radius 3 is 2.45 bits per heavy atom. The molecule has 1 rings (SSSR count). The monoisotopic (exact) mass is 283 g/mol. The molecule has 2 N–H and O–H groups in total. The molecule has 0 unspecified atom stereocenters. The van der Waals surface area contributed by atoms with Gasteiger partial charge in [0.1, 0.15) is 6.61 Å². The number of benzene rings is 1. The van der Waals surface area contributed by atoms with Crippen LogP contribution in [0.5, 0.6) is 5.75 Å². The molecule has 7 heteroatoms. The van der Waals surface area contributed by atoms with Gasteiger partial charge >= 0.3 is 11.7 Å². The Hall–Kier alpha value is -2.15. The average Bonchev–Trinajstić information content (AvgIpc) is 2.44. The Morgan fingerprint density at radius 2 is 2.00 bits per heavy atom. The predicted molar refractivity (Wildman–Crippen MR) is 71.1 cm³/mol. The fourth-order valence-corrected chi connectivity index (χ4v) is 1.58. The first-order chi connectivity index (χ1) is 9.33. The zero-order valence-corrected chi connectivity index (χ0v) is 11.3. The van der Waals surface area contributed by atoms with Crippen molar-refractivity contribution in [2.45, 2.75) is 32.3 Å². The number of nitro benzene ring substituents is 1. The SMILES string of the molecule is CCC(O)(CC)COc1cc(C(=O)O)ccc1[N+](=O)[O-]. The molecule has 7 nitrogen and oxygen atoms in total. The van der Waals surface area contributed by atoms with E-state index in [2.05, 4.69) is 0 Å². The Morgan fingerprint density at radius 1 is 1.40 bits per heavy atom. The van der Waals surface area contributed by atoms with Crippen LogP contribution in [0.1, 0.15) is 37.0 Å². The van der Waals surface area contributed by atoms with E-state index in [-0.39, 0.29) is 23.6 Å². The first-order valence-electron chi connectivity index (χ1n) is 6.20. The summed E-state index contributed by atoms with van der Waals surface area (Å²) in [4.78, 5) is 21.1. The van der Waals surface area contributed by atoms with Gasteiger partial charge < -0.3 is 14.9 Å². The Balaban J connectivity index is 3.05. The lowest BCUT2D eigenvalue weighted by Gasteiger charge is -2.24. The minimum atomic E-state index is -1.20. The van der Waals surface area contributed by atoms with Gasteiger partial charge in [0.15, 0.2) is 5.75 Å². The van der Waals surface area contributed by atoms with Crippen LogP contribution in [0.3, 0.4) is 0 Å². The molecule has 0 saturated carbocycles. The second-order valence-electron chi connectivity index (χ2n) is 4.46. The van der Waals surface area contributed by atoms with Gasteiger partial charge in [-0.3, -0.25) is 10.1 Å². The van der Waals surface area contributed by atoms with Gasteiger partial charge in [0.25, 0.3) is 0 Å². The van der Waals surface area contributed by atoms with Crippen LogP contribution in [0.4, 0.5) is 5.69 Å². The van der Waals surface area contributed by atoms with Gasteiger partial charge in [-0.25, -0.2) is 4.79 Å². The molecule has 0 saturated heterocycles. The van der Waals surface area contributed by atoms with E-state index in [0.29, 0.717) is 12.8 Å². The summed E-state index contributed by atoms with van der Waals surface area (Å²) >= 11 is 0. The number of hydrogen-bond acceptors (Lipinski definition) is 5. The summed E-state index contributed by atoms with van der Waals surface area (Å²) in [5, 5.41) is 29.9. The van der Waals surface area contributed by atoms with Crippen molar-refractivity contribution in [3.05, 3.63) is 33.9 Å². The number of carboxylic acids is 1. The minimum absolute atomic E-state index is 0.109. The maximum absolute atomic E-state index is 10.9. The van der Waals surface area contributed by atoms with E-state index < -0.39 is 16.5 Å². The van der Waals surface area contributed by atoms with Gasteiger partial charge in [0.2, 0.25) is 0 Å². The van der Waals surface area contributed by atoms with Gasteiger partial charge in [-0.1, -0.05) is 13.8 Å². The van der Waals surface area contributed by atoms with Crippen LogP contribution >= 0.6 is 0 Å². The summed E-state index contributed by atoms with van der Waals surface area (Å²) in [6.45, 7) is 3.41. The fraction of sp³-hybridized carbons (Fsp3) is 0.462. The maximum atomic E-state index is 10.9. The first kappa shape index (κ1) is 15.9. The van der Waals surface area contributed by atoms with Gasteiger partial charge in [0, 0.05) is 12.1 Å². The van der Waals surface area contributed by atoms with Crippen LogP contribution < -0.4 is 4.74 Å². The highest BCUT2D eigenvalue weighted by atomic mass is 16.6. The van der Waals surface area contributed by atoms with E-state index in [9.17, 15) is 20.0 Å². The lowest BCUT2D eigenvalue weighted by Crippen LogP contribution is -2.34. The van der Waals surface area contributed by atoms with Gasteiger partial charge in [0.05, 0.1) is 16.1 Å². The van der Waals surface area contributed by atoms with Crippen molar-refractivity contribution in [3.63, 3.8) is 0 Å². The van der Waals surface area contributed by atoms with Crippen LogP contribution in [0.15, 0.2) is 18.2 Å². The third-order valence-corrected chi connectivity index (χ3v) is 3.22. The van der Waals surface area contributed by atoms with Gasteiger partial charge in [-0.05, 0) is 18.9 Å². The van der Waals surface area contributed by atoms with Gasteiger partial charge in [-0.2, -0.15) is 0 Å². The van der Waals surface area contributed by atoms with Crippen molar-refractivity contribution in [2.24, 2.45) is 0 Å². The molecule has 0 aliphatic rings. The zero-order chi connectivity index (χ0) is 15.3. The van der Waals surface area contributed by atoms with Crippen molar-refractivity contribution < 1.29 is 24.7 Å². The number of aliphatic hydroxyl groups is 1. The quantitative estimate of drug-likeness (QED) is 0.586. The number of carbonyl (C=O) groups is 1. The molecule has 0 radical (unpaired) electrons. The topological polar surface area (TPSA) is 110 Å². The minimum Gasteiger partial charge on any atom is -0.484 e. The van der Waals surface area contributed by atoms with E-state index in [1.165, 1.54) is 0 Å². The number of nitro groups is 1. The number of rotatable bonds is 7. The summed E-state index contributed by atoms with van der Waals surface area (Å²) in [5.74, 6) is -1.36. The molecule has 0 heterocycles. The second-order valence-corrected chi connectivity index (χ2v) is 4.46. The van der Waals surface area contributed by atoms with Crippen LogP contribution in [-0.2, 0) is 0 Å². The Kier molecular flexibility index (Phi) is 5.04. The second kappa shape index (κ2) is 6.33. The molecule has 0 atom stereocenters. The molecule has 0 aliphatic carbocycles. The highest BCUT2D eigenvalue weighted by molar-refractivity contribution is 5.88. The first-order valence-corrected chi connectivity index (χ1v) is 6.20. The average molecular weight is 283 g/mol. The molecule has 1 aromatic carbocycles. The molecule has 0 aromatic heterocycles. The molecule has 110 valence electrons. The van der Waals surface area contributed by atoms with Gasteiger partial charge in [-0.15, -0.1) is 0 Å². The van der Waals surface area contributed by atoms with Crippen molar-refractivity contribution in [1.82, 2.24) is 0 Å². The highest BCUT2D eigenvalue weighted by Gasteiger charge is 2.26. The number of hydrogen-bond donors (Lipinski definition) is 2. The third kappa shape index (κ3) is 3.67. The summed E-state index contributed by atoms with van der Waals surface area (Å²) in [5.41, 5.74) is -1.53. The fourth-order valence-electron chi connectivity index (χ4n) is 1.58. The van der Waals surface area contributed by atoms with Crippen molar-refractivity contribution >= 4 is 11.7 Å². The third-order valence-electron chi connectivity index (χ3n) is 3.22. The summed E-state index contributed by atoms with van der Waals surface area (Å²) < 4.78 is 5.28. The normalized spacial score (nSPS) is 11.2. The summed E-state index contributed by atoms with van der Waals surface area (Å²) in [7, 11) is 0. The van der Waals surface area contributed by atoms with Crippen molar-refractivity contribution in [2.75, 3.05) is 6.61 Å². The molecule has 0 spiro atoms. The largest absolute Gasteiger partial charge is 0.484 e. The molecular weight excluding hydrogens is 266 g/mol. The standard InChI is InChI=1S/C13H17NO6/c1-3-13(17,4-2)8-20-11-7-9(12(15)16)5-6-10(11)14(18)19/h5-7,17H,3-4,8H2,1-2H3,(H,15,16).